The van der Waals surface area contributed by atoms with Gasteiger partial charge in [-0.05, 0) is 67.5 Å². The minimum Gasteiger partial charge on any atom is -0.494 e. The van der Waals surface area contributed by atoms with E-state index in [0.717, 1.165) is 29.4 Å². The molecule has 0 aliphatic carbocycles. The SMILES string of the molecule is CCOc1ccc(NCc2cc(-c3nc(=S)[nH][nH]3)ccc2C)cc1. The van der Waals surface area contributed by atoms with E-state index >= 15 is 0 Å². The minimum atomic E-state index is 0.458. The van der Waals surface area contributed by atoms with Crippen LogP contribution >= 0.6 is 12.2 Å². The first-order valence-corrected chi connectivity index (χ1v) is 8.28. The molecule has 0 aliphatic rings. The third-order valence-electron chi connectivity index (χ3n) is 3.77. The molecule has 0 fully saturated rings. The summed E-state index contributed by atoms with van der Waals surface area (Å²) in [5.41, 5.74) is 4.51. The zero-order chi connectivity index (χ0) is 16.9. The Balaban J connectivity index is 1.73. The number of H-pyrrole nitrogens is 2. The summed E-state index contributed by atoms with van der Waals surface area (Å²) in [7, 11) is 0. The third-order valence-corrected chi connectivity index (χ3v) is 3.97. The highest BCUT2D eigenvalue weighted by atomic mass is 32.1. The summed E-state index contributed by atoms with van der Waals surface area (Å²) >= 11 is 5.02. The molecule has 0 bridgehead atoms. The molecular formula is C18H20N4OS. The number of anilines is 1. The van der Waals surface area contributed by atoms with E-state index in [0.29, 0.717) is 11.4 Å². The van der Waals surface area contributed by atoms with Crippen LogP contribution in [0, 0.1) is 11.7 Å². The summed E-state index contributed by atoms with van der Waals surface area (Å²) in [6, 6.07) is 14.2. The predicted molar refractivity (Wildman–Crippen MR) is 98.9 cm³/mol. The van der Waals surface area contributed by atoms with E-state index in [1.807, 2.05) is 37.3 Å². The molecule has 5 nitrogen and oxygen atoms in total. The maximum absolute atomic E-state index is 5.46. The van der Waals surface area contributed by atoms with Crippen LogP contribution in [-0.4, -0.2) is 21.8 Å². The fourth-order valence-corrected chi connectivity index (χ4v) is 2.59. The molecule has 0 aliphatic heterocycles. The van der Waals surface area contributed by atoms with Crippen LogP contribution in [0.4, 0.5) is 5.69 Å². The Labute approximate surface area is 146 Å². The van der Waals surface area contributed by atoms with Crippen molar-refractivity contribution in [2.75, 3.05) is 11.9 Å². The van der Waals surface area contributed by atoms with Crippen molar-refractivity contribution in [3.8, 4) is 17.1 Å². The van der Waals surface area contributed by atoms with Crippen molar-refractivity contribution in [3.63, 3.8) is 0 Å². The molecule has 0 saturated heterocycles. The molecule has 0 atom stereocenters. The molecule has 3 N–H and O–H groups in total. The zero-order valence-corrected chi connectivity index (χ0v) is 14.5. The van der Waals surface area contributed by atoms with Gasteiger partial charge in [-0.2, -0.15) is 4.98 Å². The summed E-state index contributed by atoms with van der Waals surface area (Å²) in [4.78, 5) is 4.27. The van der Waals surface area contributed by atoms with Gasteiger partial charge in [-0.15, -0.1) is 0 Å². The van der Waals surface area contributed by atoms with Gasteiger partial charge in [0.05, 0.1) is 6.61 Å². The van der Waals surface area contributed by atoms with Gasteiger partial charge < -0.3 is 10.1 Å². The molecule has 0 unspecified atom stereocenters. The zero-order valence-electron chi connectivity index (χ0n) is 13.7. The Kier molecular flexibility index (Phi) is 4.96. The second-order valence-electron chi connectivity index (χ2n) is 5.47. The lowest BCUT2D eigenvalue weighted by molar-refractivity contribution is 0.340. The second kappa shape index (κ2) is 7.31. The van der Waals surface area contributed by atoms with Crippen LogP contribution < -0.4 is 10.1 Å². The van der Waals surface area contributed by atoms with E-state index in [-0.39, 0.29) is 0 Å². The number of hydrogen-bond acceptors (Lipinski definition) is 4. The van der Waals surface area contributed by atoms with Gasteiger partial charge in [0.25, 0.3) is 0 Å². The van der Waals surface area contributed by atoms with Crippen molar-refractivity contribution in [2.45, 2.75) is 20.4 Å². The fraction of sp³-hybridized carbons (Fsp3) is 0.222. The van der Waals surface area contributed by atoms with Crippen LogP contribution in [0.5, 0.6) is 5.75 Å². The first kappa shape index (κ1) is 16.3. The lowest BCUT2D eigenvalue weighted by atomic mass is 10.0. The normalized spacial score (nSPS) is 10.6. The van der Waals surface area contributed by atoms with Gasteiger partial charge >= 0.3 is 0 Å². The highest BCUT2D eigenvalue weighted by Crippen LogP contribution is 2.21. The second-order valence-corrected chi connectivity index (χ2v) is 5.85. The van der Waals surface area contributed by atoms with E-state index in [1.54, 1.807) is 0 Å². The highest BCUT2D eigenvalue weighted by Gasteiger charge is 2.05. The van der Waals surface area contributed by atoms with E-state index < -0.39 is 0 Å². The Bertz CT molecular complexity index is 867. The van der Waals surface area contributed by atoms with E-state index in [2.05, 4.69) is 39.6 Å². The Morgan fingerprint density at radius 3 is 2.58 bits per heavy atom. The standard InChI is InChI=1S/C18H20N4OS/c1-3-23-16-8-6-15(7-9-16)19-11-14-10-13(5-4-12(14)2)17-20-18(24)22-21-17/h4-10,19H,3,11H2,1-2H3,(H2,20,21,22,24). The topological polar surface area (TPSA) is 65.7 Å². The fourth-order valence-electron chi connectivity index (χ4n) is 2.45. The molecule has 3 aromatic rings. The molecule has 6 heteroatoms. The number of benzene rings is 2. The summed E-state index contributed by atoms with van der Waals surface area (Å²) in [5.74, 6) is 1.64. The number of aromatic amines is 2. The molecule has 24 heavy (non-hydrogen) atoms. The third kappa shape index (κ3) is 3.83. The molecule has 0 spiro atoms. The van der Waals surface area contributed by atoms with Crippen LogP contribution in [0.15, 0.2) is 42.5 Å². The number of aromatic nitrogens is 3. The summed E-state index contributed by atoms with van der Waals surface area (Å²) in [6.07, 6.45) is 0. The van der Waals surface area contributed by atoms with Gasteiger partial charge in [0.2, 0.25) is 4.77 Å². The molecule has 0 radical (unpaired) electrons. The number of aryl methyl sites for hydroxylation is 1. The van der Waals surface area contributed by atoms with Crippen LogP contribution in [-0.2, 0) is 6.54 Å². The van der Waals surface area contributed by atoms with Gasteiger partial charge in [0.1, 0.15) is 5.75 Å². The number of ether oxygens (including phenoxy) is 1. The van der Waals surface area contributed by atoms with Crippen molar-refractivity contribution in [2.24, 2.45) is 0 Å². The number of nitrogens with one attached hydrogen (secondary N) is 3. The Morgan fingerprint density at radius 1 is 1.12 bits per heavy atom. The Hall–Kier alpha value is -2.60. The van der Waals surface area contributed by atoms with E-state index in [1.165, 1.54) is 11.1 Å². The molecule has 1 heterocycles. The van der Waals surface area contributed by atoms with Gasteiger partial charge in [-0.25, -0.2) is 0 Å². The largest absolute Gasteiger partial charge is 0.494 e. The minimum absolute atomic E-state index is 0.458. The molecule has 0 saturated carbocycles. The smallest absolute Gasteiger partial charge is 0.213 e. The van der Waals surface area contributed by atoms with Gasteiger partial charge in [-0.1, -0.05) is 12.1 Å². The first-order chi connectivity index (χ1) is 11.7. The van der Waals surface area contributed by atoms with Crippen LogP contribution in [0.1, 0.15) is 18.1 Å². The van der Waals surface area contributed by atoms with E-state index in [4.69, 9.17) is 17.0 Å². The van der Waals surface area contributed by atoms with Crippen LogP contribution in [0.2, 0.25) is 0 Å². The molecule has 124 valence electrons. The van der Waals surface area contributed by atoms with E-state index in [9.17, 15) is 0 Å². The maximum atomic E-state index is 5.46. The molecule has 2 aromatic carbocycles. The van der Waals surface area contributed by atoms with Crippen LogP contribution in [0.3, 0.4) is 0 Å². The number of hydrogen-bond donors (Lipinski definition) is 3. The lowest BCUT2D eigenvalue weighted by Crippen LogP contribution is -2.02. The molecule has 3 rings (SSSR count). The summed E-state index contributed by atoms with van der Waals surface area (Å²) in [5, 5.41) is 9.25. The summed E-state index contributed by atoms with van der Waals surface area (Å²) in [6.45, 7) is 5.49. The van der Waals surface area contributed by atoms with Gasteiger partial charge in [0, 0.05) is 17.8 Å². The maximum Gasteiger partial charge on any atom is 0.213 e. The monoisotopic (exact) mass is 340 g/mol. The lowest BCUT2D eigenvalue weighted by Gasteiger charge is -2.11. The van der Waals surface area contributed by atoms with Gasteiger partial charge in [0.15, 0.2) is 5.82 Å². The van der Waals surface area contributed by atoms with Crippen molar-refractivity contribution in [3.05, 3.63) is 58.4 Å². The first-order valence-electron chi connectivity index (χ1n) is 7.87. The highest BCUT2D eigenvalue weighted by molar-refractivity contribution is 7.71. The van der Waals surface area contributed by atoms with Gasteiger partial charge in [-0.3, -0.25) is 10.2 Å². The van der Waals surface area contributed by atoms with Crippen molar-refractivity contribution in [1.82, 2.24) is 15.2 Å². The van der Waals surface area contributed by atoms with Crippen LogP contribution in [0.25, 0.3) is 11.4 Å². The summed E-state index contributed by atoms with van der Waals surface area (Å²) < 4.78 is 5.92. The van der Waals surface area contributed by atoms with Crippen molar-refractivity contribution in [1.29, 1.82) is 0 Å². The Morgan fingerprint density at radius 2 is 1.92 bits per heavy atom. The average molecular weight is 340 g/mol. The molecule has 0 amide bonds. The predicted octanol–water partition coefficient (Wildman–Crippen LogP) is 4.45. The molecule has 1 aromatic heterocycles. The quantitative estimate of drug-likeness (QED) is 0.580. The van der Waals surface area contributed by atoms with Crippen molar-refractivity contribution >= 4 is 17.9 Å². The molecular weight excluding hydrogens is 320 g/mol. The van der Waals surface area contributed by atoms with Crippen molar-refractivity contribution < 1.29 is 4.74 Å². The number of nitrogens with zero attached hydrogens (tertiary/aromatic N) is 1. The number of rotatable bonds is 6. The average Bonchev–Trinajstić information content (AvgIpc) is 3.02.